The molecule has 1 aliphatic carbocycles. The molecule has 1 fully saturated rings. The van der Waals surface area contributed by atoms with E-state index in [4.69, 9.17) is 10.9 Å². The van der Waals surface area contributed by atoms with Crippen LogP contribution < -0.4 is 11.1 Å². The molecule has 1 aliphatic rings. The van der Waals surface area contributed by atoms with Gasteiger partial charge in [0, 0.05) is 5.69 Å². The average Bonchev–Trinajstić information content (AvgIpc) is 3.62. The standard InChI is InChI=1S/C27H45N3O2/c1-2-3-4-5-6-7-8-9-10-11-12-13-14-15-16-23-17-19-24(20-18-23)29-26(31)27(21-22-27)25(28)30-32/h17-20,32H,2-16,21-22H2,1H3,(H2,28,30)(H,29,31). The molecule has 1 aromatic rings. The van der Waals surface area contributed by atoms with Crippen molar-refractivity contribution < 1.29 is 10.0 Å². The third kappa shape index (κ3) is 9.22. The summed E-state index contributed by atoms with van der Waals surface area (Å²) in [5.41, 5.74) is 6.92. The lowest BCUT2D eigenvalue weighted by atomic mass is 10.0. The van der Waals surface area contributed by atoms with Gasteiger partial charge in [0.25, 0.3) is 0 Å². The minimum absolute atomic E-state index is 0.00410. The van der Waals surface area contributed by atoms with Crippen LogP contribution in [0.5, 0.6) is 0 Å². The first-order chi connectivity index (χ1) is 15.6. The molecular formula is C27H45N3O2. The number of hydrogen-bond donors (Lipinski definition) is 3. The Kier molecular flexibility index (Phi) is 12.2. The van der Waals surface area contributed by atoms with Crippen LogP contribution in [0.1, 0.15) is 115 Å². The number of aryl methyl sites for hydroxylation is 1. The van der Waals surface area contributed by atoms with Crippen molar-refractivity contribution in [3.63, 3.8) is 0 Å². The highest BCUT2D eigenvalue weighted by atomic mass is 16.4. The van der Waals surface area contributed by atoms with Crippen molar-refractivity contribution >= 4 is 17.4 Å². The molecule has 5 heteroatoms. The summed E-state index contributed by atoms with van der Waals surface area (Å²) in [4.78, 5) is 12.4. The van der Waals surface area contributed by atoms with Crippen molar-refractivity contribution in [1.82, 2.24) is 0 Å². The summed E-state index contributed by atoms with van der Waals surface area (Å²) in [6.07, 6.45) is 21.6. The van der Waals surface area contributed by atoms with E-state index in [1.54, 1.807) is 0 Å². The maximum atomic E-state index is 12.4. The SMILES string of the molecule is CCCCCCCCCCCCCCCCc1ccc(NC(=O)C2(/C(N)=N/O)CC2)cc1. The number of rotatable bonds is 18. The van der Waals surface area contributed by atoms with Gasteiger partial charge in [-0.2, -0.15) is 0 Å². The summed E-state index contributed by atoms with van der Waals surface area (Å²) in [6, 6.07) is 8.06. The number of benzene rings is 1. The van der Waals surface area contributed by atoms with Crippen LogP contribution in [0, 0.1) is 5.41 Å². The second-order valence-electron chi connectivity index (χ2n) is 9.56. The van der Waals surface area contributed by atoms with Crippen molar-refractivity contribution in [2.24, 2.45) is 16.3 Å². The molecule has 1 aromatic carbocycles. The maximum absolute atomic E-state index is 12.4. The number of oxime groups is 1. The number of carbonyl (C=O) groups excluding carboxylic acids is 1. The molecule has 0 saturated heterocycles. The van der Waals surface area contributed by atoms with Gasteiger partial charge in [-0.3, -0.25) is 4.79 Å². The monoisotopic (exact) mass is 443 g/mol. The van der Waals surface area contributed by atoms with E-state index in [0.717, 1.165) is 12.1 Å². The van der Waals surface area contributed by atoms with E-state index in [1.165, 1.54) is 95.5 Å². The predicted molar refractivity (Wildman–Crippen MR) is 134 cm³/mol. The number of amides is 1. The van der Waals surface area contributed by atoms with Crippen molar-refractivity contribution in [1.29, 1.82) is 0 Å². The van der Waals surface area contributed by atoms with Gasteiger partial charge in [-0.25, -0.2) is 0 Å². The first-order valence-corrected chi connectivity index (χ1v) is 13.0. The molecule has 0 heterocycles. The number of unbranched alkanes of at least 4 members (excludes halogenated alkanes) is 13. The van der Waals surface area contributed by atoms with Gasteiger partial charge in [0.15, 0.2) is 5.84 Å². The number of anilines is 1. The highest BCUT2D eigenvalue weighted by molar-refractivity contribution is 6.14. The van der Waals surface area contributed by atoms with Gasteiger partial charge in [0.2, 0.25) is 5.91 Å². The summed E-state index contributed by atoms with van der Waals surface area (Å²) < 4.78 is 0. The van der Waals surface area contributed by atoms with Crippen LogP contribution in [-0.2, 0) is 11.2 Å². The topological polar surface area (TPSA) is 87.7 Å². The Hall–Kier alpha value is -2.04. The Labute approximate surface area is 195 Å². The predicted octanol–water partition coefficient (Wildman–Crippen LogP) is 7.18. The van der Waals surface area contributed by atoms with Crippen LogP contribution in [0.25, 0.3) is 0 Å². The van der Waals surface area contributed by atoms with Crippen molar-refractivity contribution in [2.75, 3.05) is 5.32 Å². The third-order valence-electron chi connectivity index (χ3n) is 6.81. The maximum Gasteiger partial charge on any atom is 0.238 e. The second kappa shape index (κ2) is 14.9. The third-order valence-corrected chi connectivity index (χ3v) is 6.81. The van der Waals surface area contributed by atoms with E-state index in [0.29, 0.717) is 12.8 Å². The summed E-state index contributed by atoms with van der Waals surface area (Å²) in [5.74, 6) is -0.183. The summed E-state index contributed by atoms with van der Waals surface area (Å²) in [5, 5.41) is 14.8. The van der Waals surface area contributed by atoms with Crippen LogP contribution in [0.15, 0.2) is 29.4 Å². The molecule has 0 bridgehead atoms. The highest BCUT2D eigenvalue weighted by Gasteiger charge is 2.54. The van der Waals surface area contributed by atoms with Gasteiger partial charge >= 0.3 is 0 Å². The second-order valence-corrected chi connectivity index (χ2v) is 9.56. The Morgan fingerprint density at radius 2 is 1.34 bits per heavy atom. The van der Waals surface area contributed by atoms with Gasteiger partial charge in [-0.1, -0.05) is 108 Å². The Morgan fingerprint density at radius 1 is 0.875 bits per heavy atom. The van der Waals surface area contributed by atoms with Crippen LogP contribution in [0.3, 0.4) is 0 Å². The molecule has 0 atom stereocenters. The fourth-order valence-corrected chi connectivity index (χ4v) is 4.35. The zero-order chi connectivity index (χ0) is 23.1. The number of nitrogens with one attached hydrogen (secondary N) is 1. The summed E-state index contributed by atoms with van der Waals surface area (Å²) >= 11 is 0. The van der Waals surface area contributed by atoms with Crippen LogP contribution in [0.2, 0.25) is 0 Å². The Balaban J connectivity index is 1.47. The van der Waals surface area contributed by atoms with Gasteiger partial charge in [-0.05, 0) is 43.4 Å². The first-order valence-electron chi connectivity index (χ1n) is 13.0. The van der Waals surface area contributed by atoms with Crippen molar-refractivity contribution in [3.05, 3.63) is 29.8 Å². The molecule has 0 unspecified atom stereocenters. The van der Waals surface area contributed by atoms with E-state index in [-0.39, 0.29) is 11.7 Å². The molecule has 32 heavy (non-hydrogen) atoms. The Morgan fingerprint density at radius 3 is 1.78 bits per heavy atom. The fraction of sp³-hybridized carbons (Fsp3) is 0.704. The van der Waals surface area contributed by atoms with Crippen LogP contribution >= 0.6 is 0 Å². The van der Waals surface area contributed by atoms with Crippen LogP contribution in [-0.4, -0.2) is 17.0 Å². The highest BCUT2D eigenvalue weighted by Crippen LogP contribution is 2.46. The van der Waals surface area contributed by atoms with E-state index in [9.17, 15) is 4.79 Å². The average molecular weight is 444 g/mol. The molecule has 1 amide bonds. The number of nitrogens with two attached hydrogens (primary N) is 1. The van der Waals surface area contributed by atoms with E-state index < -0.39 is 5.41 Å². The molecular weight excluding hydrogens is 398 g/mol. The number of amidine groups is 1. The molecule has 0 radical (unpaired) electrons. The molecule has 0 aromatic heterocycles. The van der Waals surface area contributed by atoms with E-state index in [1.807, 2.05) is 12.1 Å². The van der Waals surface area contributed by atoms with Crippen molar-refractivity contribution in [3.8, 4) is 0 Å². The first kappa shape index (κ1) is 26.2. The van der Waals surface area contributed by atoms with E-state index >= 15 is 0 Å². The lowest BCUT2D eigenvalue weighted by Gasteiger charge is -2.14. The largest absolute Gasteiger partial charge is 0.409 e. The molecule has 180 valence electrons. The summed E-state index contributed by atoms with van der Waals surface area (Å²) in [7, 11) is 0. The molecule has 5 nitrogen and oxygen atoms in total. The van der Waals surface area contributed by atoms with Gasteiger partial charge < -0.3 is 16.3 Å². The molecule has 2 rings (SSSR count). The number of carbonyl (C=O) groups is 1. The molecule has 0 aliphatic heterocycles. The lowest BCUT2D eigenvalue weighted by Crippen LogP contribution is -2.36. The minimum Gasteiger partial charge on any atom is -0.409 e. The summed E-state index contributed by atoms with van der Waals surface area (Å²) in [6.45, 7) is 2.28. The van der Waals surface area contributed by atoms with Gasteiger partial charge in [-0.15, -0.1) is 0 Å². The van der Waals surface area contributed by atoms with Gasteiger partial charge in [0.1, 0.15) is 5.41 Å². The molecule has 4 N–H and O–H groups in total. The zero-order valence-electron chi connectivity index (χ0n) is 20.2. The quantitative estimate of drug-likeness (QED) is 0.0738. The normalized spacial score (nSPS) is 15.0. The number of hydrogen-bond acceptors (Lipinski definition) is 3. The smallest absolute Gasteiger partial charge is 0.238 e. The van der Waals surface area contributed by atoms with Crippen molar-refractivity contribution in [2.45, 2.75) is 116 Å². The van der Waals surface area contributed by atoms with E-state index in [2.05, 4.69) is 29.5 Å². The zero-order valence-corrected chi connectivity index (χ0v) is 20.2. The number of nitrogens with zero attached hydrogens (tertiary/aromatic N) is 1. The molecule has 0 spiro atoms. The lowest BCUT2D eigenvalue weighted by molar-refractivity contribution is -0.119. The minimum atomic E-state index is -0.818. The fourth-order valence-electron chi connectivity index (χ4n) is 4.35. The Bertz CT molecular complexity index is 681. The van der Waals surface area contributed by atoms with Gasteiger partial charge in [0.05, 0.1) is 0 Å². The van der Waals surface area contributed by atoms with Crippen LogP contribution in [0.4, 0.5) is 5.69 Å². The molecule has 1 saturated carbocycles.